The smallest absolute Gasteiger partial charge is 0.254 e. The van der Waals surface area contributed by atoms with E-state index < -0.39 is 0 Å². The van der Waals surface area contributed by atoms with Crippen LogP contribution in [0.3, 0.4) is 0 Å². The van der Waals surface area contributed by atoms with Gasteiger partial charge in [-0.3, -0.25) is 4.79 Å². The number of hydrogen-bond donors (Lipinski definition) is 0. The van der Waals surface area contributed by atoms with E-state index in [2.05, 4.69) is 24.3 Å². The van der Waals surface area contributed by atoms with Gasteiger partial charge in [-0.2, -0.15) is 0 Å². The molecule has 0 unspecified atom stereocenters. The van der Waals surface area contributed by atoms with Crippen molar-refractivity contribution in [3.8, 4) is 16.9 Å². The summed E-state index contributed by atoms with van der Waals surface area (Å²) in [6.45, 7) is 1.66. The maximum absolute atomic E-state index is 13.6. The maximum atomic E-state index is 13.6. The van der Waals surface area contributed by atoms with Crippen LogP contribution in [0.5, 0.6) is 5.75 Å². The fourth-order valence-electron chi connectivity index (χ4n) is 4.07. The molecule has 0 atom stereocenters. The van der Waals surface area contributed by atoms with Gasteiger partial charge in [0.1, 0.15) is 5.75 Å². The lowest BCUT2D eigenvalue weighted by Crippen LogP contribution is -2.30. The van der Waals surface area contributed by atoms with Crippen molar-refractivity contribution in [2.75, 3.05) is 6.61 Å². The van der Waals surface area contributed by atoms with E-state index >= 15 is 0 Å². The minimum Gasteiger partial charge on any atom is -0.493 e. The van der Waals surface area contributed by atoms with Crippen molar-refractivity contribution in [2.45, 2.75) is 19.5 Å². The van der Waals surface area contributed by atoms with Crippen molar-refractivity contribution in [2.24, 2.45) is 0 Å². The number of carbonyl (C=O) groups excluding carboxylic acids is 1. The molecule has 0 spiro atoms. The summed E-state index contributed by atoms with van der Waals surface area (Å²) in [5.74, 6) is 0.881. The summed E-state index contributed by atoms with van der Waals surface area (Å²) in [5, 5.41) is 0. The molecule has 4 heteroatoms. The molecule has 2 heterocycles. The number of nitrogens with zero attached hydrogens (tertiary/aromatic N) is 1. The number of hydrogen-bond acceptors (Lipinski definition) is 3. The quantitative estimate of drug-likeness (QED) is 0.409. The zero-order valence-electron chi connectivity index (χ0n) is 17.2. The second-order valence-electron chi connectivity index (χ2n) is 7.74. The molecule has 1 aliphatic heterocycles. The van der Waals surface area contributed by atoms with Crippen LogP contribution in [0.1, 0.15) is 27.0 Å². The largest absolute Gasteiger partial charge is 0.493 e. The molecule has 0 N–H and O–H groups in total. The molecular formula is C27H23NO3. The molecule has 31 heavy (non-hydrogen) atoms. The van der Waals surface area contributed by atoms with E-state index in [1.165, 1.54) is 0 Å². The summed E-state index contributed by atoms with van der Waals surface area (Å²) in [6.07, 6.45) is 4.18. The van der Waals surface area contributed by atoms with Crippen LogP contribution in [0.2, 0.25) is 0 Å². The molecule has 1 amide bonds. The van der Waals surface area contributed by atoms with Gasteiger partial charge in [0.05, 0.1) is 19.1 Å². The summed E-state index contributed by atoms with van der Waals surface area (Å²) in [5.41, 5.74) is 6.13. The number of furan rings is 1. The Morgan fingerprint density at radius 1 is 0.903 bits per heavy atom. The monoisotopic (exact) mass is 409 g/mol. The van der Waals surface area contributed by atoms with Gasteiger partial charge in [0.25, 0.3) is 5.91 Å². The molecule has 3 aromatic carbocycles. The van der Waals surface area contributed by atoms with Gasteiger partial charge in [0.2, 0.25) is 0 Å². The zero-order chi connectivity index (χ0) is 21.0. The summed E-state index contributed by atoms with van der Waals surface area (Å²) in [6, 6.07) is 26.2. The first-order valence-electron chi connectivity index (χ1n) is 10.5. The lowest BCUT2D eigenvalue weighted by Gasteiger charge is -2.24. The highest BCUT2D eigenvalue weighted by atomic mass is 16.5. The van der Waals surface area contributed by atoms with E-state index in [1.807, 2.05) is 59.5 Å². The van der Waals surface area contributed by atoms with Gasteiger partial charge in [0, 0.05) is 30.6 Å². The van der Waals surface area contributed by atoms with Gasteiger partial charge in [-0.1, -0.05) is 54.6 Å². The van der Waals surface area contributed by atoms with Gasteiger partial charge in [0.15, 0.2) is 0 Å². The van der Waals surface area contributed by atoms with E-state index in [1.54, 1.807) is 12.5 Å². The van der Waals surface area contributed by atoms with Crippen LogP contribution in [0.25, 0.3) is 11.1 Å². The molecule has 0 bridgehead atoms. The Morgan fingerprint density at radius 2 is 1.74 bits per heavy atom. The Labute approximate surface area is 181 Å². The summed E-state index contributed by atoms with van der Waals surface area (Å²) in [4.78, 5) is 15.5. The van der Waals surface area contributed by atoms with E-state index in [0.29, 0.717) is 25.3 Å². The number of amides is 1. The topological polar surface area (TPSA) is 42.7 Å². The number of benzene rings is 3. The highest BCUT2D eigenvalue weighted by molar-refractivity contribution is 5.94. The van der Waals surface area contributed by atoms with Crippen LogP contribution >= 0.6 is 0 Å². The lowest BCUT2D eigenvalue weighted by atomic mass is 9.99. The molecule has 0 saturated carbocycles. The normalized spacial score (nSPS) is 12.3. The predicted molar refractivity (Wildman–Crippen MR) is 120 cm³/mol. The van der Waals surface area contributed by atoms with Crippen LogP contribution in [0.15, 0.2) is 95.8 Å². The molecule has 4 nitrogen and oxygen atoms in total. The zero-order valence-corrected chi connectivity index (χ0v) is 17.2. The third kappa shape index (κ3) is 4.10. The van der Waals surface area contributed by atoms with Crippen molar-refractivity contribution >= 4 is 5.91 Å². The van der Waals surface area contributed by atoms with Gasteiger partial charge in [-0.15, -0.1) is 0 Å². The Morgan fingerprint density at radius 3 is 2.58 bits per heavy atom. The first-order valence-corrected chi connectivity index (χ1v) is 10.5. The van der Waals surface area contributed by atoms with Gasteiger partial charge in [-0.25, -0.2) is 0 Å². The number of rotatable bonds is 6. The molecule has 154 valence electrons. The molecule has 1 aliphatic rings. The van der Waals surface area contributed by atoms with E-state index in [-0.39, 0.29) is 5.91 Å². The molecule has 0 aliphatic carbocycles. The molecule has 0 fully saturated rings. The fourth-order valence-corrected chi connectivity index (χ4v) is 4.07. The summed E-state index contributed by atoms with van der Waals surface area (Å²) in [7, 11) is 0. The lowest BCUT2D eigenvalue weighted by molar-refractivity contribution is 0.0730. The first-order chi connectivity index (χ1) is 15.3. The molecular weight excluding hydrogens is 386 g/mol. The minimum absolute atomic E-state index is 0.00114. The van der Waals surface area contributed by atoms with Gasteiger partial charge < -0.3 is 14.1 Å². The van der Waals surface area contributed by atoms with Crippen LogP contribution in [0, 0.1) is 0 Å². The van der Waals surface area contributed by atoms with E-state index in [4.69, 9.17) is 9.15 Å². The van der Waals surface area contributed by atoms with Crippen molar-refractivity contribution in [1.82, 2.24) is 4.90 Å². The van der Waals surface area contributed by atoms with Crippen molar-refractivity contribution in [3.05, 3.63) is 114 Å². The predicted octanol–water partition coefficient (Wildman–Crippen LogP) is 5.72. The Balaban J connectivity index is 1.48. The van der Waals surface area contributed by atoms with E-state index in [9.17, 15) is 4.79 Å². The molecule has 0 radical (unpaired) electrons. The van der Waals surface area contributed by atoms with Crippen LogP contribution in [-0.2, 0) is 19.5 Å². The van der Waals surface area contributed by atoms with Gasteiger partial charge >= 0.3 is 0 Å². The van der Waals surface area contributed by atoms with Crippen molar-refractivity contribution < 1.29 is 13.9 Å². The number of carbonyl (C=O) groups is 1. The third-order valence-electron chi connectivity index (χ3n) is 5.64. The first kappa shape index (κ1) is 19.2. The maximum Gasteiger partial charge on any atom is 0.254 e. The number of fused-ring (bicyclic) bond motifs is 1. The third-order valence-corrected chi connectivity index (χ3v) is 5.64. The SMILES string of the molecule is O=C(c1ccc2c(c1)CCO2)N(Cc1ccoc1)Cc1ccccc1-c1ccccc1. The highest BCUT2D eigenvalue weighted by Crippen LogP contribution is 2.28. The Kier molecular flexibility index (Phi) is 5.28. The highest BCUT2D eigenvalue weighted by Gasteiger charge is 2.21. The van der Waals surface area contributed by atoms with Gasteiger partial charge in [-0.05, 0) is 46.5 Å². The standard InChI is InChI=1S/C27H23NO3/c29-27(23-10-11-26-22(16-23)13-15-31-26)28(17-20-12-14-30-19-20)18-24-8-4-5-9-25(24)21-6-2-1-3-7-21/h1-12,14,16,19H,13,15,17-18H2. The Hall–Kier alpha value is -3.79. The average Bonchev–Trinajstić information content (AvgIpc) is 3.50. The average molecular weight is 409 g/mol. The molecule has 0 saturated heterocycles. The van der Waals surface area contributed by atoms with Crippen molar-refractivity contribution in [3.63, 3.8) is 0 Å². The summed E-state index contributed by atoms with van der Waals surface area (Å²) >= 11 is 0. The molecule has 4 aromatic rings. The van der Waals surface area contributed by atoms with Crippen molar-refractivity contribution in [1.29, 1.82) is 0 Å². The minimum atomic E-state index is -0.00114. The fraction of sp³-hybridized carbons (Fsp3) is 0.148. The van der Waals surface area contributed by atoms with E-state index in [0.717, 1.165) is 40.0 Å². The Bertz CT molecular complexity index is 1180. The molecule has 1 aromatic heterocycles. The van der Waals surface area contributed by atoms with Crippen LogP contribution < -0.4 is 4.74 Å². The second kappa shape index (κ2) is 8.52. The number of ether oxygens (including phenoxy) is 1. The van der Waals surface area contributed by atoms with Crippen LogP contribution in [-0.4, -0.2) is 17.4 Å². The molecule has 5 rings (SSSR count). The van der Waals surface area contributed by atoms with Crippen LogP contribution in [0.4, 0.5) is 0 Å². The summed E-state index contributed by atoms with van der Waals surface area (Å²) < 4.78 is 10.9. The second-order valence-corrected chi connectivity index (χ2v) is 7.74.